The zero-order chi connectivity index (χ0) is 15.5. The van der Waals surface area contributed by atoms with Crippen LogP contribution in [0.15, 0.2) is 24.3 Å². The normalized spacial score (nSPS) is 12.6. The Labute approximate surface area is 130 Å². The quantitative estimate of drug-likeness (QED) is 0.534. The maximum Gasteiger partial charge on any atom is 0.119 e. The molecule has 0 aliphatic heterocycles. The standard InChI is InChI=1S/C19H32O2/c1-4-5-6-7-8-9-10-11-19(20)17-12-14-18(15-13-17)21-16(2)3/h12-16,19-20H,4-11H2,1-3H3. The Morgan fingerprint density at radius 2 is 1.48 bits per heavy atom. The molecule has 0 aromatic heterocycles. The summed E-state index contributed by atoms with van der Waals surface area (Å²) >= 11 is 0. The van der Waals surface area contributed by atoms with Gasteiger partial charge in [-0.05, 0) is 38.0 Å². The van der Waals surface area contributed by atoms with Crippen LogP contribution < -0.4 is 4.74 Å². The molecule has 0 aliphatic carbocycles. The number of rotatable bonds is 11. The van der Waals surface area contributed by atoms with Crippen LogP contribution in [0.5, 0.6) is 5.75 Å². The van der Waals surface area contributed by atoms with Gasteiger partial charge in [0.2, 0.25) is 0 Å². The van der Waals surface area contributed by atoms with E-state index in [0.29, 0.717) is 0 Å². The average molecular weight is 292 g/mol. The lowest BCUT2D eigenvalue weighted by molar-refractivity contribution is 0.163. The first kappa shape index (κ1) is 18.0. The fourth-order valence-corrected chi connectivity index (χ4v) is 2.50. The fourth-order valence-electron chi connectivity index (χ4n) is 2.50. The largest absolute Gasteiger partial charge is 0.491 e. The van der Waals surface area contributed by atoms with Crippen LogP contribution in [0.4, 0.5) is 0 Å². The van der Waals surface area contributed by atoms with E-state index in [1.54, 1.807) is 0 Å². The van der Waals surface area contributed by atoms with Gasteiger partial charge in [0.25, 0.3) is 0 Å². The first-order valence-corrected chi connectivity index (χ1v) is 8.58. The van der Waals surface area contributed by atoms with E-state index in [-0.39, 0.29) is 12.2 Å². The molecular formula is C19H32O2. The predicted octanol–water partition coefficient (Wildman–Crippen LogP) is 5.65. The van der Waals surface area contributed by atoms with E-state index in [4.69, 9.17) is 4.74 Å². The van der Waals surface area contributed by atoms with Crippen LogP contribution in [0.25, 0.3) is 0 Å². The van der Waals surface area contributed by atoms with Gasteiger partial charge < -0.3 is 9.84 Å². The van der Waals surface area contributed by atoms with Gasteiger partial charge >= 0.3 is 0 Å². The monoisotopic (exact) mass is 292 g/mol. The van der Waals surface area contributed by atoms with E-state index in [2.05, 4.69) is 6.92 Å². The molecule has 21 heavy (non-hydrogen) atoms. The van der Waals surface area contributed by atoms with Crippen LogP contribution in [0.2, 0.25) is 0 Å². The van der Waals surface area contributed by atoms with Crippen molar-refractivity contribution in [2.45, 2.75) is 84.3 Å². The second-order valence-corrected chi connectivity index (χ2v) is 6.16. The van der Waals surface area contributed by atoms with Gasteiger partial charge in [0.15, 0.2) is 0 Å². The molecule has 0 radical (unpaired) electrons. The fraction of sp³-hybridized carbons (Fsp3) is 0.684. The lowest BCUT2D eigenvalue weighted by atomic mass is 10.0. The highest BCUT2D eigenvalue weighted by molar-refractivity contribution is 5.28. The lowest BCUT2D eigenvalue weighted by Gasteiger charge is -2.13. The molecule has 1 aromatic rings. The van der Waals surface area contributed by atoms with Crippen LogP contribution >= 0.6 is 0 Å². The molecule has 1 aromatic carbocycles. The van der Waals surface area contributed by atoms with E-state index < -0.39 is 0 Å². The number of benzene rings is 1. The van der Waals surface area contributed by atoms with E-state index in [1.165, 1.54) is 38.5 Å². The molecule has 0 heterocycles. The number of hydrogen-bond donors (Lipinski definition) is 1. The minimum absolute atomic E-state index is 0.188. The summed E-state index contributed by atoms with van der Waals surface area (Å²) in [6, 6.07) is 7.85. The zero-order valence-corrected chi connectivity index (χ0v) is 14.0. The Kier molecular flexibility index (Phi) is 9.16. The Hall–Kier alpha value is -1.02. The number of aliphatic hydroxyl groups is 1. The summed E-state index contributed by atoms with van der Waals surface area (Å²) in [5, 5.41) is 10.2. The molecule has 0 fully saturated rings. The summed E-state index contributed by atoms with van der Waals surface area (Å²) in [5.41, 5.74) is 0.997. The summed E-state index contributed by atoms with van der Waals surface area (Å²) in [6.45, 7) is 6.28. The van der Waals surface area contributed by atoms with Gasteiger partial charge in [-0.25, -0.2) is 0 Å². The van der Waals surface area contributed by atoms with Crippen molar-refractivity contribution in [2.75, 3.05) is 0 Å². The first-order chi connectivity index (χ1) is 10.1. The maximum atomic E-state index is 10.2. The van der Waals surface area contributed by atoms with Crippen LogP contribution in [0.3, 0.4) is 0 Å². The SMILES string of the molecule is CCCCCCCCCC(O)c1ccc(OC(C)C)cc1. The molecule has 0 aliphatic rings. The number of aliphatic hydroxyl groups excluding tert-OH is 1. The molecule has 0 saturated carbocycles. The molecule has 1 rings (SSSR count). The third-order valence-corrected chi connectivity index (χ3v) is 3.72. The second-order valence-electron chi connectivity index (χ2n) is 6.16. The highest BCUT2D eigenvalue weighted by atomic mass is 16.5. The molecule has 0 spiro atoms. The summed E-state index contributed by atoms with van der Waals surface area (Å²) in [6.07, 6.45) is 9.70. The highest BCUT2D eigenvalue weighted by Gasteiger charge is 2.07. The van der Waals surface area contributed by atoms with Crippen molar-refractivity contribution in [1.82, 2.24) is 0 Å². The summed E-state index contributed by atoms with van der Waals surface area (Å²) in [4.78, 5) is 0. The van der Waals surface area contributed by atoms with Gasteiger partial charge in [0, 0.05) is 0 Å². The molecule has 1 unspecified atom stereocenters. The minimum Gasteiger partial charge on any atom is -0.491 e. The van der Waals surface area contributed by atoms with Crippen LogP contribution in [0, 0.1) is 0 Å². The van der Waals surface area contributed by atoms with Crippen molar-refractivity contribution in [3.63, 3.8) is 0 Å². The highest BCUT2D eigenvalue weighted by Crippen LogP contribution is 2.23. The Balaban J connectivity index is 2.21. The zero-order valence-electron chi connectivity index (χ0n) is 14.0. The number of unbranched alkanes of at least 4 members (excludes halogenated alkanes) is 6. The van der Waals surface area contributed by atoms with E-state index in [9.17, 15) is 5.11 Å². The van der Waals surface area contributed by atoms with Gasteiger partial charge in [0.05, 0.1) is 12.2 Å². The van der Waals surface area contributed by atoms with Crippen molar-refractivity contribution in [2.24, 2.45) is 0 Å². The number of ether oxygens (including phenoxy) is 1. The summed E-state index contributed by atoms with van der Waals surface area (Å²) in [7, 11) is 0. The smallest absolute Gasteiger partial charge is 0.119 e. The molecule has 0 amide bonds. The molecule has 0 saturated heterocycles. The van der Waals surface area contributed by atoms with Crippen molar-refractivity contribution in [1.29, 1.82) is 0 Å². The summed E-state index contributed by atoms with van der Waals surface area (Å²) in [5.74, 6) is 0.872. The van der Waals surface area contributed by atoms with E-state index in [0.717, 1.165) is 24.2 Å². The third-order valence-electron chi connectivity index (χ3n) is 3.72. The topological polar surface area (TPSA) is 29.5 Å². The second kappa shape index (κ2) is 10.7. The van der Waals surface area contributed by atoms with Crippen molar-refractivity contribution in [3.8, 4) is 5.75 Å². The molecule has 0 bridgehead atoms. The van der Waals surface area contributed by atoms with Crippen molar-refractivity contribution in [3.05, 3.63) is 29.8 Å². The Morgan fingerprint density at radius 3 is 2.05 bits per heavy atom. The minimum atomic E-state index is -0.339. The van der Waals surface area contributed by atoms with E-state index >= 15 is 0 Å². The van der Waals surface area contributed by atoms with Gasteiger partial charge in [-0.3, -0.25) is 0 Å². The lowest BCUT2D eigenvalue weighted by Crippen LogP contribution is -2.05. The van der Waals surface area contributed by atoms with Crippen molar-refractivity contribution >= 4 is 0 Å². The van der Waals surface area contributed by atoms with Crippen LogP contribution in [-0.4, -0.2) is 11.2 Å². The molecule has 1 atom stereocenters. The Bertz CT molecular complexity index is 356. The van der Waals surface area contributed by atoms with Gasteiger partial charge in [0.1, 0.15) is 5.75 Å². The van der Waals surface area contributed by atoms with E-state index in [1.807, 2.05) is 38.1 Å². The molecular weight excluding hydrogens is 260 g/mol. The van der Waals surface area contributed by atoms with Gasteiger partial charge in [-0.15, -0.1) is 0 Å². The molecule has 1 N–H and O–H groups in total. The van der Waals surface area contributed by atoms with Crippen LogP contribution in [-0.2, 0) is 0 Å². The third kappa shape index (κ3) is 8.11. The Morgan fingerprint density at radius 1 is 0.905 bits per heavy atom. The molecule has 120 valence electrons. The van der Waals surface area contributed by atoms with Gasteiger partial charge in [-0.2, -0.15) is 0 Å². The van der Waals surface area contributed by atoms with Gasteiger partial charge in [-0.1, -0.05) is 64.0 Å². The van der Waals surface area contributed by atoms with Crippen molar-refractivity contribution < 1.29 is 9.84 Å². The molecule has 2 nitrogen and oxygen atoms in total. The average Bonchev–Trinajstić information content (AvgIpc) is 2.46. The maximum absolute atomic E-state index is 10.2. The first-order valence-electron chi connectivity index (χ1n) is 8.58. The predicted molar refractivity (Wildman–Crippen MR) is 89.8 cm³/mol. The van der Waals surface area contributed by atoms with Crippen LogP contribution in [0.1, 0.15) is 83.8 Å². The number of hydrogen-bond acceptors (Lipinski definition) is 2. The summed E-state index contributed by atoms with van der Waals surface area (Å²) < 4.78 is 5.61. The molecule has 2 heteroatoms.